The zero-order valence-electron chi connectivity index (χ0n) is 19.4. The summed E-state index contributed by atoms with van der Waals surface area (Å²) < 4.78 is 11.2. The second-order valence-electron chi connectivity index (χ2n) is 8.64. The summed E-state index contributed by atoms with van der Waals surface area (Å²) in [5.74, 6) is 2.36. The summed E-state index contributed by atoms with van der Waals surface area (Å²) in [7, 11) is 0. The van der Waals surface area contributed by atoms with Gasteiger partial charge < -0.3 is 19.5 Å². The number of urea groups is 1. The van der Waals surface area contributed by atoms with Crippen molar-refractivity contribution in [2.24, 2.45) is 5.92 Å². The predicted octanol–water partition coefficient (Wildman–Crippen LogP) is 5.71. The van der Waals surface area contributed by atoms with Crippen LogP contribution in [0, 0.1) is 12.8 Å². The smallest absolute Gasteiger partial charge is 0.321 e. The van der Waals surface area contributed by atoms with Crippen molar-refractivity contribution < 1.29 is 14.1 Å². The van der Waals surface area contributed by atoms with Gasteiger partial charge in [-0.25, -0.2) is 4.79 Å². The Morgan fingerprint density at radius 2 is 2.03 bits per heavy atom. The Morgan fingerprint density at radius 3 is 2.82 bits per heavy atom. The Labute approximate surface area is 195 Å². The molecule has 0 spiro atoms. The van der Waals surface area contributed by atoms with Crippen molar-refractivity contribution in [2.45, 2.75) is 46.0 Å². The van der Waals surface area contributed by atoms with Gasteiger partial charge >= 0.3 is 6.03 Å². The van der Waals surface area contributed by atoms with E-state index in [1.165, 1.54) is 0 Å². The van der Waals surface area contributed by atoms with Crippen molar-refractivity contribution in [3.63, 3.8) is 0 Å². The fraction of sp³-hybridized carbons (Fsp3) is 0.423. The van der Waals surface area contributed by atoms with Gasteiger partial charge in [-0.1, -0.05) is 42.8 Å². The first-order chi connectivity index (χ1) is 16.1. The number of hydrogen-bond donors (Lipinski definition) is 1. The number of carbonyl (C=O) groups excluding carboxylic acids is 1. The number of benzene rings is 2. The monoisotopic (exact) mass is 448 g/mol. The molecule has 2 aromatic carbocycles. The van der Waals surface area contributed by atoms with Crippen LogP contribution in [0.25, 0.3) is 11.4 Å². The number of piperidine rings is 1. The second kappa shape index (κ2) is 11.0. The molecule has 0 bridgehead atoms. The Morgan fingerprint density at radius 1 is 1.21 bits per heavy atom. The highest BCUT2D eigenvalue weighted by molar-refractivity contribution is 5.89. The van der Waals surface area contributed by atoms with Crippen LogP contribution in [0.15, 0.2) is 53.1 Å². The Bertz CT molecular complexity index is 1050. The highest BCUT2D eigenvalue weighted by Crippen LogP contribution is 2.24. The molecule has 7 nitrogen and oxygen atoms in total. The molecule has 0 radical (unpaired) electrons. The normalized spacial score (nSPS) is 15.9. The van der Waals surface area contributed by atoms with E-state index in [9.17, 15) is 4.79 Å². The van der Waals surface area contributed by atoms with E-state index < -0.39 is 0 Å². The number of unbranched alkanes of at least 4 members (excludes halogenated alkanes) is 1. The number of nitrogens with zero attached hydrogens (tertiary/aromatic N) is 3. The molecule has 1 unspecified atom stereocenters. The lowest BCUT2D eigenvalue weighted by Crippen LogP contribution is -2.42. The molecule has 3 aromatic rings. The van der Waals surface area contributed by atoms with E-state index in [0.717, 1.165) is 54.8 Å². The van der Waals surface area contributed by atoms with Gasteiger partial charge in [-0.05, 0) is 61.9 Å². The van der Waals surface area contributed by atoms with Crippen LogP contribution >= 0.6 is 0 Å². The molecular weight excluding hydrogens is 416 g/mol. The second-order valence-corrected chi connectivity index (χ2v) is 8.64. The molecule has 33 heavy (non-hydrogen) atoms. The molecular formula is C26H32N4O3. The van der Waals surface area contributed by atoms with Crippen LogP contribution < -0.4 is 10.1 Å². The number of likely N-dealkylation sites (tertiary alicyclic amines) is 1. The molecule has 1 aromatic heterocycles. The maximum atomic E-state index is 12.8. The maximum absolute atomic E-state index is 12.8. The first-order valence-electron chi connectivity index (χ1n) is 11.8. The summed E-state index contributed by atoms with van der Waals surface area (Å²) in [5.41, 5.74) is 2.87. The quantitative estimate of drug-likeness (QED) is 0.446. The van der Waals surface area contributed by atoms with Gasteiger partial charge in [-0.2, -0.15) is 4.98 Å². The predicted molar refractivity (Wildman–Crippen MR) is 128 cm³/mol. The third kappa shape index (κ3) is 6.12. The van der Waals surface area contributed by atoms with Gasteiger partial charge in [0.1, 0.15) is 5.75 Å². The van der Waals surface area contributed by atoms with E-state index in [0.29, 0.717) is 37.2 Å². The number of hydrogen-bond acceptors (Lipinski definition) is 5. The summed E-state index contributed by atoms with van der Waals surface area (Å²) in [4.78, 5) is 19.3. The number of aryl methyl sites for hydroxylation is 1. The standard InChI is InChI=1S/C26H32N4O3/c1-3-4-16-32-22-13-11-21(12-14-22)27-26(31)30-15-7-9-20(18-30)17-24-28-25(29-33-24)23-10-6-5-8-19(23)2/h5-6,8,10-14,20H,3-4,7,9,15-18H2,1-2H3,(H,27,31). The molecule has 1 aliphatic rings. The number of nitrogens with one attached hydrogen (secondary N) is 1. The minimum absolute atomic E-state index is 0.0783. The van der Waals surface area contributed by atoms with Crippen molar-refractivity contribution in [2.75, 3.05) is 25.0 Å². The number of amides is 2. The van der Waals surface area contributed by atoms with Crippen LogP contribution in [0.4, 0.5) is 10.5 Å². The SMILES string of the molecule is CCCCOc1ccc(NC(=O)N2CCCC(Cc3nc(-c4ccccc4C)no3)C2)cc1. The van der Waals surface area contributed by atoms with Crippen molar-refractivity contribution in [1.82, 2.24) is 15.0 Å². The molecule has 1 atom stereocenters. The fourth-order valence-electron chi connectivity index (χ4n) is 4.11. The topological polar surface area (TPSA) is 80.5 Å². The third-order valence-corrected chi connectivity index (χ3v) is 6.00. The number of aromatic nitrogens is 2. The molecule has 2 heterocycles. The molecule has 174 valence electrons. The van der Waals surface area contributed by atoms with Crippen LogP contribution in [-0.4, -0.2) is 40.8 Å². The van der Waals surface area contributed by atoms with E-state index in [4.69, 9.17) is 9.26 Å². The average molecular weight is 449 g/mol. The maximum Gasteiger partial charge on any atom is 0.321 e. The van der Waals surface area contributed by atoms with Crippen LogP contribution in [0.3, 0.4) is 0 Å². The summed E-state index contributed by atoms with van der Waals surface area (Å²) >= 11 is 0. The molecule has 1 aliphatic heterocycles. The summed E-state index contributed by atoms with van der Waals surface area (Å²) in [5, 5.41) is 7.17. The van der Waals surface area contributed by atoms with Gasteiger partial charge in [0.15, 0.2) is 0 Å². The lowest BCUT2D eigenvalue weighted by atomic mass is 9.95. The van der Waals surface area contributed by atoms with Crippen LogP contribution in [0.2, 0.25) is 0 Å². The zero-order chi connectivity index (χ0) is 23.0. The minimum Gasteiger partial charge on any atom is -0.494 e. The molecule has 1 N–H and O–H groups in total. The third-order valence-electron chi connectivity index (χ3n) is 6.00. The van der Waals surface area contributed by atoms with Gasteiger partial charge in [0.2, 0.25) is 11.7 Å². The van der Waals surface area contributed by atoms with Gasteiger partial charge in [-0.3, -0.25) is 0 Å². The first kappa shape index (κ1) is 22.8. The van der Waals surface area contributed by atoms with E-state index >= 15 is 0 Å². The molecule has 7 heteroatoms. The largest absolute Gasteiger partial charge is 0.494 e. The zero-order valence-corrected chi connectivity index (χ0v) is 19.4. The Balaban J connectivity index is 1.30. The van der Waals surface area contributed by atoms with Crippen molar-refractivity contribution in [3.05, 3.63) is 60.0 Å². The summed E-state index contributed by atoms with van der Waals surface area (Å²) in [6.45, 7) is 6.31. The van der Waals surface area contributed by atoms with E-state index in [-0.39, 0.29) is 6.03 Å². The minimum atomic E-state index is -0.0783. The lowest BCUT2D eigenvalue weighted by Gasteiger charge is -2.32. The van der Waals surface area contributed by atoms with Gasteiger partial charge in [0.05, 0.1) is 6.61 Å². The van der Waals surface area contributed by atoms with E-state index in [2.05, 4.69) is 22.4 Å². The number of carbonyl (C=O) groups is 1. The fourth-order valence-corrected chi connectivity index (χ4v) is 4.11. The van der Waals surface area contributed by atoms with Crippen LogP contribution in [0.1, 0.15) is 44.1 Å². The van der Waals surface area contributed by atoms with Crippen LogP contribution in [-0.2, 0) is 6.42 Å². The highest BCUT2D eigenvalue weighted by Gasteiger charge is 2.26. The van der Waals surface area contributed by atoms with Gasteiger partial charge in [0, 0.05) is 30.8 Å². The van der Waals surface area contributed by atoms with Crippen molar-refractivity contribution in [1.29, 1.82) is 0 Å². The van der Waals surface area contributed by atoms with Crippen LogP contribution in [0.5, 0.6) is 5.75 Å². The Hall–Kier alpha value is -3.35. The van der Waals surface area contributed by atoms with E-state index in [1.807, 2.05) is 60.4 Å². The summed E-state index contributed by atoms with van der Waals surface area (Å²) in [6, 6.07) is 15.5. The number of rotatable bonds is 8. The molecule has 2 amide bonds. The van der Waals surface area contributed by atoms with Crippen molar-refractivity contribution >= 4 is 11.7 Å². The molecule has 1 fully saturated rings. The van der Waals surface area contributed by atoms with Crippen molar-refractivity contribution in [3.8, 4) is 17.1 Å². The summed E-state index contributed by atoms with van der Waals surface area (Å²) in [6.07, 6.45) is 4.81. The first-order valence-corrected chi connectivity index (χ1v) is 11.8. The van der Waals surface area contributed by atoms with E-state index in [1.54, 1.807) is 0 Å². The number of anilines is 1. The molecule has 0 saturated carbocycles. The molecule has 1 saturated heterocycles. The number of ether oxygens (including phenoxy) is 1. The lowest BCUT2D eigenvalue weighted by molar-refractivity contribution is 0.173. The molecule has 4 rings (SSSR count). The van der Waals surface area contributed by atoms with Gasteiger partial charge in [0.25, 0.3) is 0 Å². The van der Waals surface area contributed by atoms with Gasteiger partial charge in [-0.15, -0.1) is 0 Å². The average Bonchev–Trinajstić information content (AvgIpc) is 3.29. The molecule has 0 aliphatic carbocycles. The Kier molecular flexibility index (Phi) is 7.60. The highest BCUT2D eigenvalue weighted by atomic mass is 16.5.